The first kappa shape index (κ1) is 15.6. The van der Waals surface area contributed by atoms with Crippen LogP contribution in [0.4, 0.5) is 5.69 Å². The van der Waals surface area contributed by atoms with Gasteiger partial charge < -0.3 is 10.2 Å². The molecular formula is C16H17ClN4O2. The highest BCUT2D eigenvalue weighted by molar-refractivity contribution is 6.30. The van der Waals surface area contributed by atoms with E-state index in [0.717, 1.165) is 11.4 Å². The number of carbonyl (C=O) groups excluding carboxylic acids is 2. The van der Waals surface area contributed by atoms with Crippen LogP contribution in [0.1, 0.15) is 22.6 Å². The maximum atomic E-state index is 12.5. The molecule has 2 heterocycles. The van der Waals surface area contributed by atoms with Crippen molar-refractivity contribution in [1.82, 2.24) is 15.1 Å². The van der Waals surface area contributed by atoms with Crippen LogP contribution in [0, 0.1) is 6.92 Å². The van der Waals surface area contributed by atoms with Crippen molar-refractivity contribution in [3.05, 3.63) is 46.7 Å². The molecule has 1 fully saturated rings. The predicted octanol–water partition coefficient (Wildman–Crippen LogP) is 1.92. The quantitative estimate of drug-likeness (QED) is 0.933. The lowest BCUT2D eigenvalue weighted by Crippen LogP contribution is -2.41. The molecule has 6 nitrogen and oxygen atoms in total. The summed E-state index contributed by atoms with van der Waals surface area (Å²) >= 11 is 5.87. The van der Waals surface area contributed by atoms with E-state index in [4.69, 9.17) is 11.6 Å². The fourth-order valence-electron chi connectivity index (χ4n) is 2.60. The van der Waals surface area contributed by atoms with Crippen LogP contribution in [0.25, 0.3) is 0 Å². The first-order valence-corrected chi connectivity index (χ1v) is 7.72. The Morgan fingerprint density at radius 3 is 2.65 bits per heavy atom. The molecule has 1 N–H and O–H groups in total. The van der Waals surface area contributed by atoms with E-state index in [-0.39, 0.29) is 11.8 Å². The van der Waals surface area contributed by atoms with Crippen LogP contribution in [-0.4, -0.2) is 34.2 Å². The monoisotopic (exact) mass is 332 g/mol. The van der Waals surface area contributed by atoms with Crippen molar-refractivity contribution >= 4 is 29.1 Å². The third-order valence-corrected chi connectivity index (χ3v) is 4.25. The van der Waals surface area contributed by atoms with Crippen molar-refractivity contribution in [2.75, 3.05) is 11.4 Å². The molecule has 3 rings (SSSR count). The molecule has 2 aromatic rings. The minimum absolute atomic E-state index is 0.117. The highest BCUT2D eigenvalue weighted by Gasteiger charge is 2.34. The normalized spacial score (nSPS) is 17.6. The first-order chi connectivity index (χ1) is 11.0. The van der Waals surface area contributed by atoms with Crippen molar-refractivity contribution < 1.29 is 9.59 Å². The molecule has 0 aliphatic carbocycles. The summed E-state index contributed by atoms with van der Waals surface area (Å²) in [6, 6.07) is 8.25. The predicted molar refractivity (Wildman–Crippen MR) is 87.6 cm³/mol. The maximum Gasteiger partial charge on any atom is 0.272 e. The number of hydrogen-bond donors (Lipinski definition) is 1. The van der Waals surface area contributed by atoms with Gasteiger partial charge in [-0.15, -0.1) is 0 Å². The molecule has 0 spiro atoms. The van der Waals surface area contributed by atoms with E-state index >= 15 is 0 Å². The third kappa shape index (κ3) is 3.07. The fraction of sp³-hybridized carbons (Fsp3) is 0.312. The summed E-state index contributed by atoms with van der Waals surface area (Å²) in [4.78, 5) is 26.4. The summed E-state index contributed by atoms with van der Waals surface area (Å²) in [7, 11) is 1.77. The van der Waals surface area contributed by atoms with Gasteiger partial charge in [0.15, 0.2) is 0 Å². The molecule has 0 saturated carbocycles. The molecule has 2 amide bonds. The molecule has 0 bridgehead atoms. The smallest absolute Gasteiger partial charge is 0.272 e. The van der Waals surface area contributed by atoms with E-state index in [9.17, 15) is 9.59 Å². The summed E-state index contributed by atoms with van der Waals surface area (Å²) in [5, 5.41) is 7.51. The largest absolute Gasteiger partial charge is 0.339 e. The average molecular weight is 333 g/mol. The number of anilines is 1. The van der Waals surface area contributed by atoms with E-state index in [1.165, 1.54) is 0 Å². The number of amides is 2. The minimum atomic E-state index is -0.527. The number of aromatic nitrogens is 2. The molecule has 1 aromatic heterocycles. The van der Waals surface area contributed by atoms with Gasteiger partial charge >= 0.3 is 0 Å². The second-order valence-electron chi connectivity index (χ2n) is 5.58. The standard InChI is InChI=1S/C16H17ClN4O2/c1-10-9-14(19-20(10)2)15(22)18-13-7-8-21(16(13)23)12-5-3-11(17)4-6-12/h3-6,9,13H,7-8H2,1-2H3,(H,18,22). The van der Waals surface area contributed by atoms with Gasteiger partial charge in [-0.05, 0) is 43.7 Å². The Kier molecular flexibility index (Phi) is 4.09. The van der Waals surface area contributed by atoms with Gasteiger partial charge in [0.2, 0.25) is 5.91 Å². The highest BCUT2D eigenvalue weighted by Crippen LogP contribution is 2.23. The van der Waals surface area contributed by atoms with Crippen LogP contribution in [-0.2, 0) is 11.8 Å². The lowest BCUT2D eigenvalue weighted by atomic mass is 10.2. The topological polar surface area (TPSA) is 67.2 Å². The van der Waals surface area contributed by atoms with E-state index in [1.54, 1.807) is 47.0 Å². The number of rotatable bonds is 3. The number of hydrogen-bond acceptors (Lipinski definition) is 3. The second kappa shape index (κ2) is 6.04. The Labute approximate surface area is 139 Å². The van der Waals surface area contributed by atoms with Crippen LogP contribution in [0.2, 0.25) is 5.02 Å². The van der Waals surface area contributed by atoms with Crippen LogP contribution >= 0.6 is 11.6 Å². The van der Waals surface area contributed by atoms with Crippen molar-refractivity contribution in [2.45, 2.75) is 19.4 Å². The van der Waals surface area contributed by atoms with E-state index in [2.05, 4.69) is 10.4 Å². The lowest BCUT2D eigenvalue weighted by molar-refractivity contribution is -0.118. The zero-order valence-electron chi connectivity index (χ0n) is 12.9. The Hall–Kier alpha value is -2.34. The molecule has 1 unspecified atom stereocenters. The van der Waals surface area contributed by atoms with Crippen LogP contribution in [0.15, 0.2) is 30.3 Å². The molecule has 1 aliphatic heterocycles. The number of aryl methyl sites for hydroxylation is 2. The Morgan fingerprint density at radius 2 is 2.04 bits per heavy atom. The number of halogens is 1. The van der Waals surface area contributed by atoms with Gasteiger partial charge in [-0.3, -0.25) is 14.3 Å². The maximum absolute atomic E-state index is 12.5. The van der Waals surface area contributed by atoms with Gasteiger partial charge in [0, 0.05) is 30.0 Å². The van der Waals surface area contributed by atoms with Crippen molar-refractivity contribution in [3.8, 4) is 0 Å². The van der Waals surface area contributed by atoms with Crippen molar-refractivity contribution in [1.29, 1.82) is 0 Å². The van der Waals surface area contributed by atoms with E-state index in [1.807, 2.05) is 6.92 Å². The molecule has 23 heavy (non-hydrogen) atoms. The van der Waals surface area contributed by atoms with Crippen molar-refractivity contribution in [2.24, 2.45) is 7.05 Å². The Morgan fingerprint density at radius 1 is 1.35 bits per heavy atom. The summed E-state index contributed by atoms with van der Waals surface area (Å²) in [5.41, 5.74) is 1.99. The fourth-order valence-corrected chi connectivity index (χ4v) is 2.72. The van der Waals surface area contributed by atoms with Gasteiger partial charge in [0.25, 0.3) is 5.91 Å². The lowest BCUT2D eigenvalue weighted by Gasteiger charge is -2.17. The first-order valence-electron chi connectivity index (χ1n) is 7.34. The molecular weight excluding hydrogens is 316 g/mol. The molecule has 1 saturated heterocycles. The van der Waals surface area contributed by atoms with Gasteiger partial charge in [-0.2, -0.15) is 5.10 Å². The summed E-state index contributed by atoms with van der Waals surface area (Å²) in [6.45, 7) is 2.43. The molecule has 7 heteroatoms. The molecule has 120 valence electrons. The van der Waals surface area contributed by atoms with Crippen LogP contribution in [0.5, 0.6) is 0 Å². The van der Waals surface area contributed by atoms with Gasteiger partial charge in [-0.25, -0.2) is 0 Å². The van der Waals surface area contributed by atoms with Crippen LogP contribution < -0.4 is 10.2 Å². The number of nitrogens with one attached hydrogen (secondary N) is 1. The zero-order chi connectivity index (χ0) is 16.6. The molecule has 1 aliphatic rings. The van der Waals surface area contributed by atoms with Gasteiger partial charge in [-0.1, -0.05) is 11.6 Å². The van der Waals surface area contributed by atoms with Gasteiger partial charge in [0.05, 0.1) is 0 Å². The Balaban J connectivity index is 1.69. The average Bonchev–Trinajstić information content (AvgIpc) is 3.04. The SMILES string of the molecule is Cc1cc(C(=O)NC2CCN(c3ccc(Cl)cc3)C2=O)nn1C. The minimum Gasteiger partial charge on any atom is -0.339 e. The molecule has 1 aromatic carbocycles. The Bertz CT molecular complexity index is 734. The van der Waals surface area contributed by atoms with E-state index < -0.39 is 6.04 Å². The zero-order valence-corrected chi connectivity index (χ0v) is 13.7. The van der Waals surface area contributed by atoms with Crippen LogP contribution in [0.3, 0.4) is 0 Å². The summed E-state index contributed by atoms with van der Waals surface area (Å²) in [6.07, 6.45) is 0.568. The van der Waals surface area contributed by atoms with Gasteiger partial charge in [0.1, 0.15) is 11.7 Å². The number of carbonyl (C=O) groups is 2. The number of benzene rings is 1. The highest BCUT2D eigenvalue weighted by atomic mass is 35.5. The molecule has 1 atom stereocenters. The van der Waals surface area contributed by atoms with E-state index in [0.29, 0.717) is 23.7 Å². The summed E-state index contributed by atoms with van der Waals surface area (Å²) in [5.74, 6) is -0.446. The second-order valence-corrected chi connectivity index (χ2v) is 6.01. The molecule has 0 radical (unpaired) electrons. The number of nitrogens with zero attached hydrogens (tertiary/aromatic N) is 3. The third-order valence-electron chi connectivity index (χ3n) is 4.00. The van der Waals surface area contributed by atoms with Crippen molar-refractivity contribution in [3.63, 3.8) is 0 Å². The summed E-state index contributed by atoms with van der Waals surface area (Å²) < 4.78 is 1.63.